The molecule has 0 amide bonds. The van der Waals surface area contributed by atoms with Crippen molar-refractivity contribution in [2.45, 2.75) is 37.8 Å². The molecule has 1 saturated heterocycles. The van der Waals surface area contributed by atoms with Crippen molar-refractivity contribution in [3.05, 3.63) is 0 Å². The molecule has 0 bridgehead atoms. The van der Waals surface area contributed by atoms with E-state index >= 15 is 0 Å². The van der Waals surface area contributed by atoms with E-state index < -0.39 is 0 Å². The highest BCUT2D eigenvalue weighted by Crippen LogP contribution is 2.35. The maximum absolute atomic E-state index is 3.61. The first kappa shape index (κ1) is 6.62. The lowest BCUT2D eigenvalue weighted by Gasteiger charge is -2.30. The van der Waals surface area contributed by atoms with Crippen LogP contribution < -0.4 is 10.6 Å². The van der Waals surface area contributed by atoms with Crippen LogP contribution in [0, 0.1) is 0 Å². The van der Waals surface area contributed by atoms with Crippen LogP contribution in [0.15, 0.2) is 0 Å². The van der Waals surface area contributed by atoms with Gasteiger partial charge in [-0.2, -0.15) is 0 Å². The summed E-state index contributed by atoms with van der Waals surface area (Å²) >= 11 is 0. The van der Waals surface area contributed by atoms with Gasteiger partial charge in [-0.1, -0.05) is 6.92 Å². The van der Waals surface area contributed by atoms with Crippen molar-refractivity contribution in [3.63, 3.8) is 0 Å². The highest BCUT2D eigenvalue weighted by atomic mass is 15.2. The fraction of sp³-hybridized carbons (Fsp3) is 1.00. The summed E-state index contributed by atoms with van der Waals surface area (Å²) in [6, 6.07) is 0.728. The van der Waals surface area contributed by atoms with E-state index in [1.165, 1.54) is 32.4 Å². The van der Waals surface area contributed by atoms with E-state index in [0.717, 1.165) is 6.04 Å². The molecule has 2 heteroatoms. The molecule has 0 aromatic rings. The van der Waals surface area contributed by atoms with Gasteiger partial charge in [-0.05, 0) is 19.3 Å². The van der Waals surface area contributed by atoms with Gasteiger partial charge in [0.1, 0.15) is 0 Å². The lowest BCUT2D eigenvalue weighted by atomic mass is 10.1. The topological polar surface area (TPSA) is 24.1 Å². The Morgan fingerprint density at radius 1 is 1.50 bits per heavy atom. The average molecular weight is 140 g/mol. The molecular formula is C8H16N2. The standard InChI is InChI=1S/C8H16N2/c1-2-7-5-10-8(3-4-8)6-9-7/h7,9-10H,2-6H2,1H3/t7-/m1/s1. The van der Waals surface area contributed by atoms with Gasteiger partial charge in [-0.15, -0.1) is 0 Å². The molecule has 1 saturated carbocycles. The van der Waals surface area contributed by atoms with E-state index in [1.807, 2.05) is 0 Å². The van der Waals surface area contributed by atoms with Gasteiger partial charge in [0.05, 0.1) is 0 Å². The number of rotatable bonds is 1. The molecule has 0 radical (unpaired) electrons. The fourth-order valence-corrected chi connectivity index (χ4v) is 1.61. The molecule has 1 aliphatic carbocycles. The molecule has 58 valence electrons. The van der Waals surface area contributed by atoms with Crippen LogP contribution in [0.5, 0.6) is 0 Å². The highest BCUT2D eigenvalue weighted by Gasteiger charge is 2.44. The van der Waals surface area contributed by atoms with Crippen LogP contribution in [0.25, 0.3) is 0 Å². The Hall–Kier alpha value is -0.0800. The summed E-state index contributed by atoms with van der Waals surface area (Å²) < 4.78 is 0. The van der Waals surface area contributed by atoms with Crippen LogP contribution in [-0.4, -0.2) is 24.7 Å². The van der Waals surface area contributed by atoms with Crippen molar-refractivity contribution in [3.8, 4) is 0 Å². The second kappa shape index (κ2) is 2.21. The third-order valence-corrected chi connectivity index (χ3v) is 2.80. The van der Waals surface area contributed by atoms with E-state index in [2.05, 4.69) is 17.6 Å². The van der Waals surface area contributed by atoms with E-state index in [9.17, 15) is 0 Å². The van der Waals surface area contributed by atoms with Crippen molar-refractivity contribution < 1.29 is 0 Å². The quantitative estimate of drug-likeness (QED) is 0.554. The Morgan fingerprint density at radius 3 is 2.70 bits per heavy atom. The summed E-state index contributed by atoms with van der Waals surface area (Å²) in [6.07, 6.45) is 4.02. The van der Waals surface area contributed by atoms with Crippen LogP contribution in [-0.2, 0) is 0 Å². The van der Waals surface area contributed by atoms with Gasteiger partial charge in [-0.3, -0.25) is 0 Å². The molecule has 1 heterocycles. The molecule has 1 aliphatic heterocycles. The molecule has 2 nitrogen and oxygen atoms in total. The Labute approximate surface area is 62.4 Å². The van der Waals surface area contributed by atoms with Gasteiger partial charge in [0.2, 0.25) is 0 Å². The maximum Gasteiger partial charge on any atom is 0.0308 e. The van der Waals surface area contributed by atoms with Gasteiger partial charge in [0, 0.05) is 24.7 Å². The van der Waals surface area contributed by atoms with Crippen LogP contribution >= 0.6 is 0 Å². The van der Waals surface area contributed by atoms with Gasteiger partial charge >= 0.3 is 0 Å². The van der Waals surface area contributed by atoms with Crippen molar-refractivity contribution in [2.75, 3.05) is 13.1 Å². The fourth-order valence-electron chi connectivity index (χ4n) is 1.61. The molecule has 1 atom stereocenters. The third-order valence-electron chi connectivity index (χ3n) is 2.80. The molecule has 0 unspecified atom stereocenters. The van der Waals surface area contributed by atoms with Crippen LogP contribution in [0.3, 0.4) is 0 Å². The number of hydrogen-bond acceptors (Lipinski definition) is 2. The molecule has 2 rings (SSSR count). The van der Waals surface area contributed by atoms with Gasteiger partial charge in [0.15, 0.2) is 0 Å². The molecule has 1 spiro atoms. The number of nitrogens with one attached hydrogen (secondary N) is 2. The Kier molecular flexibility index (Phi) is 1.46. The second-order valence-electron chi connectivity index (χ2n) is 3.65. The first-order valence-corrected chi connectivity index (χ1v) is 4.33. The average Bonchev–Trinajstić information content (AvgIpc) is 2.72. The minimum Gasteiger partial charge on any atom is -0.311 e. The van der Waals surface area contributed by atoms with Crippen molar-refractivity contribution in [2.24, 2.45) is 0 Å². The Bertz CT molecular complexity index is 119. The van der Waals surface area contributed by atoms with Gasteiger partial charge < -0.3 is 10.6 Å². The SMILES string of the molecule is CC[C@@H]1CNC2(CC2)CN1. The third kappa shape index (κ3) is 1.06. The summed E-state index contributed by atoms with van der Waals surface area (Å²) in [6.45, 7) is 4.62. The predicted molar refractivity (Wildman–Crippen MR) is 42.0 cm³/mol. The Morgan fingerprint density at radius 2 is 2.30 bits per heavy atom. The molecule has 2 N–H and O–H groups in total. The van der Waals surface area contributed by atoms with Crippen LogP contribution in [0.4, 0.5) is 0 Å². The zero-order valence-electron chi connectivity index (χ0n) is 6.61. The predicted octanol–water partition coefficient (Wildman–Crippen LogP) is 0.490. The van der Waals surface area contributed by atoms with Crippen molar-refractivity contribution >= 4 is 0 Å². The smallest absolute Gasteiger partial charge is 0.0308 e. The van der Waals surface area contributed by atoms with E-state index in [1.54, 1.807) is 0 Å². The molecular weight excluding hydrogens is 124 g/mol. The summed E-state index contributed by atoms with van der Waals surface area (Å²) in [4.78, 5) is 0. The summed E-state index contributed by atoms with van der Waals surface area (Å²) in [5, 5.41) is 7.17. The zero-order chi connectivity index (χ0) is 7.03. The zero-order valence-corrected chi connectivity index (χ0v) is 6.61. The van der Waals surface area contributed by atoms with E-state index in [4.69, 9.17) is 0 Å². The molecule has 10 heavy (non-hydrogen) atoms. The minimum absolute atomic E-state index is 0.547. The van der Waals surface area contributed by atoms with Crippen LogP contribution in [0.2, 0.25) is 0 Å². The monoisotopic (exact) mass is 140 g/mol. The summed E-state index contributed by atoms with van der Waals surface area (Å²) in [5.41, 5.74) is 0.547. The Balaban J connectivity index is 1.84. The van der Waals surface area contributed by atoms with Crippen molar-refractivity contribution in [1.29, 1.82) is 0 Å². The van der Waals surface area contributed by atoms with Crippen molar-refractivity contribution in [1.82, 2.24) is 10.6 Å². The molecule has 0 aromatic carbocycles. The summed E-state index contributed by atoms with van der Waals surface area (Å²) in [5.74, 6) is 0. The van der Waals surface area contributed by atoms with Gasteiger partial charge in [0.25, 0.3) is 0 Å². The summed E-state index contributed by atoms with van der Waals surface area (Å²) in [7, 11) is 0. The largest absolute Gasteiger partial charge is 0.311 e. The van der Waals surface area contributed by atoms with E-state index in [-0.39, 0.29) is 0 Å². The first-order chi connectivity index (χ1) is 4.85. The lowest BCUT2D eigenvalue weighted by Crippen LogP contribution is -2.55. The first-order valence-electron chi connectivity index (χ1n) is 4.33. The number of piperazine rings is 1. The number of hydrogen-bond donors (Lipinski definition) is 2. The van der Waals surface area contributed by atoms with E-state index in [0.29, 0.717) is 5.54 Å². The minimum atomic E-state index is 0.547. The molecule has 2 aliphatic rings. The normalized spacial score (nSPS) is 36.3. The highest BCUT2D eigenvalue weighted by molar-refractivity contribution is 5.07. The maximum atomic E-state index is 3.61. The lowest BCUT2D eigenvalue weighted by molar-refractivity contribution is 0.326. The second-order valence-corrected chi connectivity index (χ2v) is 3.65. The van der Waals surface area contributed by atoms with Crippen LogP contribution in [0.1, 0.15) is 26.2 Å². The molecule has 0 aromatic heterocycles. The molecule has 2 fully saturated rings. The van der Waals surface area contributed by atoms with Gasteiger partial charge in [-0.25, -0.2) is 0 Å².